The van der Waals surface area contributed by atoms with E-state index in [0.29, 0.717) is 28.8 Å². The molecule has 0 aromatic heterocycles. The third kappa shape index (κ3) is 3.10. The monoisotopic (exact) mass is 361 g/mol. The quantitative estimate of drug-likeness (QED) is 0.558. The molecule has 2 aliphatic heterocycles. The molecule has 2 atom stereocenters. The lowest BCUT2D eigenvalue weighted by molar-refractivity contribution is 0.299. The molecule has 0 radical (unpaired) electrons. The smallest absolute Gasteiger partial charge is 0.129 e. The molecule has 27 heavy (non-hydrogen) atoms. The van der Waals surface area contributed by atoms with Gasteiger partial charge < -0.3 is 16.4 Å². The van der Waals surface area contributed by atoms with Crippen LogP contribution in [0.5, 0.6) is 0 Å². The number of amidine groups is 1. The van der Waals surface area contributed by atoms with Crippen molar-refractivity contribution >= 4 is 17.3 Å². The number of rotatable bonds is 2. The van der Waals surface area contributed by atoms with Gasteiger partial charge in [0.25, 0.3) is 0 Å². The van der Waals surface area contributed by atoms with Gasteiger partial charge in [-0.05, 0) is 24.5 Å². The Hall–Kier alpha value is -3.40. The average Bonchev–Trinajstić information content (AvgIpc) is 2.65. The Kier molecular flexibility index (Phi) is 4.82. The Labute approximate surface area is 158 Å². The fourth-order valence-corrected chi connectivity index (χ4v) is 3.74. The van der Waals surface area contributed by atoms with Crippen molar-refractivity contribution in [2.45, 2.75) is 12.8 Å². The molecular formula is C20H23N7. The molecule has 7 nitrogen and oxygen atoms in total. The minimum atomic E-state index is -0.585. The summed E-state index contributed by atoms with van der Waals surface area (Å²) in [4.78, 5) is 6.64. The van der Waals surface area contributed by atoms with Crippen LogP contribution in [0.3, 0.4) is 0 Å². The molecule has 1 fully saturated rings. The highest BCUT2D eigenvalue weighted by molar-refractivity contribution is 6.51. The second-order valence-electron chi connectivity index (χ2n) is 6.91. The molecule has 0 amide bonds. The van der Waals surface area contributed by atoms with Gasteiger partial charge in [-0.15, -0.1) is 0 Å². The van der Waals surface area contributed by atoms with Gasteiger partial charge in [-0.1, -0.05) is 18.7 Å². The number of nitrogens with two attached hydrogens (primary N) is 2. The zero-order valence-electron chi connectivity index (χ0n) is 15.3. The second-order valence-corrected chi connectivity index (χ2v) is 6.91. The lowest BCUT2D eigenvalue weighted by atomic mass is 9.75. The zero-order valence-corrected chi connectivity index (χ0v) is 15.3. The summed E-state index contributed by atoms with van der Waals surface area (Å²) in [5, 5.41) is 26.2. The van der Waals surface area contributed by atoms with Crippen LogP contribution in [0.1, 0.15) is 12.8 Å². The van der Waals surface area contributed by atoms with E-state index in [1.54, 1.807) is 18.2 Å². The summed E-state index contributed by atoms with van der Waals surface area (Å²) < 4.78 is 0. The second kappa shape index (κ2) is 7.08. The van der Waals surface area contributed by atoms with Crippen molar-refractivity contribution in [3.8, 4) is 6.07 Å². The molecule has 7 heteroatoms. The van der Waals surface area contributed by atoms with Gasteiger partial charge in [-0.25, -0.2) is 4.99 Å². The minimum Gasteiger partial charge on any atom is -0.404 e. The predicted molar refractivity (Wildman–Crippen MR) is 107 cm³/mol. The van der Waals surface area contributed by atoms with Gasteiger partial charge in [-0.3, -0.25) is 10.8 Å². The van der Waals surface area contributed by atoms with Crippen LogP contribution in [0, 0.1) is 34.0 Å². The largest absolute Gasteiger partial charge is 0.404 e. The van der Waals surface area contributed by atoms with Crippen molar-refractivity contribution in [3.05, 3.63) is 59.1 Å². The van der Waals surface area contributed by atoms with Gasteiger partial charge >= 0.3 is 0 Å². The number of hydrogen-bond acceptors (Lipinski definition) is 7. The van der Waals surface area contributed by atoms with Crippen LogP contribution in [0.25, 0.3) is 0 Å². The lowest BCUT2D eigenvalue weighted by Crippen LogP contribution is -2.35. The van der Waals surface area contributed by atoms with Gasteiger partial charge in [0.15, 0.2) is 0 Å². The van der Waals surface area contributed by atoms with Crippen molar-refractivity contribution in [1.29, 1.82) is 16.1 Å². The lowest BCUT2D eigenvalue weighted by Gasteiger charge is -2.36. The average molecular weight is 361 g/mol. The number of hydrogen-bond donors (Lipinski definition) is 4. The Bertz CT molecular complexity index is 920. The zero-order chi connectivity index (χ0) is 19.7. The first-order valence-electron chi connectivity index (χ1n) is 8.74. The molecule has 1 aliphatic carbocycles. The third-order valence-electron chi connectivity index (χ3n) is 5.34. The fraction of sp³-hybridized carbons (Fsp3) is 0.300. The summed E-state index contributed by atoms with van der Waals surface area (Å²) in [5.41, 5.74) is 15.3. The van der Waals surface area contributed by atoms with E-state index in [-0.39, 0.29) is 23.2 Å². The first kappa shape index (κ1) is 18.4. The summed E-state index contributed by atoms with van der Waals surface area (Å²) in [5.74, 6) is -0.286. The predicted octanol–water partition coefficient (Wildman–Crippen LogP) is 1.98. The molecular weight excluding hydrogens is 338 g/mol. The summed E-state index contributed by atoms with van der Waals surface area (Å²) in [7, 11) is 2.00. The number of likely N-dealkylation sites (tertiary alicyclic amines) is 1. The molecule has 3 aliphatic rings. The van der Waals surface area contributed by atoms with E-state index in [9.17, 15) is 5.26 Å². The first-order chi connectivity index (χ1) is 12.9. The van der Waals surface area contributed by atoms with E-state index in [4.69, 9.17) is 22.3 Å². The minimum absolute atomic E-state index is 0.0390. The number of nitrogens with one attached hydrogen (secondary N) is 2. The molecule has 0 bridgehead atoms. The van der Waals surface area contributed by atoms with Crippen LogP contribution < -0.4 is 11.5 Å². The molecule has 1 saturated heterocycles. The van der Waals surface area contributed by atoms with Crippen molar-refractivity contribution in [2.75, 3.05) is 13.6 Å². The highest BCUT2D eigenvalue weighted by Crippen LogP contribution is 2.41. The number of aliphatic imine (C=N–C) groups is 1. The van der Waals surface area contributed by atoms with Gasteiger partial charge in [-0.2, -0.15) is 5.26 Å². The summed E-state index contributed by atoms with van der Waals surface area (Å²) in [6, 6.07) is 2.29. The third-order valence-corrected chi connectivity index (χ3v) is 5.34. The number of piperidine rings is 1. The van der Waals surface area contributed by atoms with E-state index in [1.165, 1.54) is 6.20 Å². The molecule has 0 aromatic carbocycles. The highest BCUT2D eigenvalue weighted by atomic mass is 15.1. The number of nitrogens with zero attached hydrogens (tertiary/aromatic N) is 3. The Morgan fingerprint density at radius 3 is 2.81 bits per heavy atom. The molecule has 0 aromatic rings. The van der Waals surface area contributed by atoms with Gasteiger partial charge in [0.05, 0.1) is 34.7 Å². The molecule has 138 valence electrons. The van der Waals surface area contributed by atoms with E-state index in [0.717, 1.165) is 18.7 Å². The Morgan fingerprint density at radius 2 is 2.19 bits per heavy atom. The normalized spacial score (nSPS) is 27.6. The van der Waals surface area contributed by atoms with Crippen molar-refractivity contribution in [1.82, 2.24) is 4.90 Å². The Balaban J connectivity index is 2.13. The SMILES string of the molecule is C=C1CC(C2=C(C#N)C(C3=CC=CC(=N)C3=N)/C(=C/N)C(N)=N2)CCN1C. The van der Waals surface area contributed by atoms with Crippen molar-refractivity contribution < 1.29 is 0 Å². The van der Waals surface area contributed by atoms with Crippen molar-refractivity contribution in [3.63, 3.8) is 0 Å². The maximum absolute atomic E-state index is 9.97. The van der Waals surface area contributed by atoms with Crippen LogP contribution in [0.15, 0.2) is 64.1 Å². The first-order valence-corrected chi connectivity index (χ1v) is 8.74. The molecule has 6 N–H and O–H groups in total. The highest BCUT2D eigenvalue weighted by Gasteiger charge is 2.37. The molecule has 0 saturated carbocycles. The van der Waals surface area contributed by atoms with Crippen LogP contribution in [-0.4, -0.2) is 35.8 Å². The van der Waals surface area contributed by atoms with Crippen LogP contribution in [0.2, 0.25) is 0 Å². The maximum atomic E-state index is 9.97. The number of allylic oxidation sites excluding steroid dienone is 7. The van der Waals surface area contributed by atoms with Gasteiger partial charge in [0, 0.05) is 37.0 Å². The van der Waals surface area contributed by atoms with E-state index >= 15 is 0 Å². The van der Waals surface area contributed by atoms with Crippen LogP contribution >= 0.6 is 0 Å². The summed E-state index contributed by atoms with van der Waals surface area (Å²) in [6.07, 6.45) is 7.90. The molecule has 2 heterocycles. The molecule has 3 rings (SSSR count). The van der Waals surface area contributed by atoms with Crippen molar-refractivity contribution in [2.24, 2.45) is 28.3 Å². The van der Waals surface area contributed by atoms with Crippen LogP contribution in [-0.2, 0) is 0 Å². The fourth-order valence-electron chi connectivity index (χ4n) is 3.74. The number of nitriles is 1. The Morgan fingerprint density at radius 1 is 1.44 bits per heavy atom. The topological polar surface area (TPSA) is 139 Å². The van der Waals surface area contributed by atoms with E-state index < -0.39 is 5.92 Å². The van der Waals surface area contributed by atoms with E-state index in [1.807, 2.05) is 7.05 Å². The summed E-state index contributed by atoms with van der Waals surface area (Å²) in [6.45, 7) is 4.93. The standard InChI is InChI=1S/C20H23N7/c1-11-8-12(6-7-27(11)2)19-14(9-21)17(15(10-22)20(25)26-19)13-4-3-5-16(23)18(13)24/h3-5,10,12,17,23-24H,1,6-8,22H2,2H3,(H2,25,26)/b15-10-,23-16?,24-18?. The maximum Gasteiger partial charge on any atom is 0.129 e. The van der Waals surface area contributed by atoms with E-state index in [2.05, 4.69) is 22.5 Å². The van der Waals surface area contributed by atoms with Gasteiger partial charge in [0.2, 0.25) is 0 Å². The molecule has 0 spiro atoms. The molecule has 2 unspecified atom stereocenters. The summed E-state index contributed by atoms with van der Waals surface area (Å²) >= 11 is 0. The van der Waals surface area contributed by atoms with Crippen LogP contribution in [0.4, 0.5) is 0 Å². The van der Waals surface area contributed by atoms with Gasteiger partial charge in [0.1, 0.15) is 5.84 Å².